The summed E-state index contributed by atoms with van der Waals surface area (Å²) in [5.74, 6) is -2.49. The van der Waals surface area contributed by atoms with Crippen LogP contribution >= 0.6 is 0 Å². The first kappa shape index (κ1) is 43.9. The number of esters is 2. The van der Waals surface area contributed by atoms with E-state index in [0.717, 1.165) is 44.6 Å². The van der Waals surface area contributed by atoms with E-state index in [1.165, 1.54) is 154 Å². The molecule has 0 aromatic rings. The molecule has 0 saturated heterocycles. The van der Waals surface area contributed by atoms with Crippen molar-refractivity contribution in [1.29, 1.82) is 0 Å². The van der Waals surface area contributed by atoms with Crippen molar-refractivity contribution in [3.63, 3.8) is 0 Å². The van der Waals surface area contributed by atoms with Gasteiger partial charge in [-0.05, 0) is 25.8 Å². The van der Waals surface area contributed by atoms with E-state index >= 15 is 0 Å². The lowest BCUT2D eigenvalue weighted by molar-refractivity contribution is -0.141. The second kappa shape index (κ2) is 34.2. The van der Waals surface area contributed by atoms with Gasteiger partial charge in [0.05, 0.1) is 18.8 Å². The normalized spacial score (nSPS) is 12.0. The standard InChI is InChI=1S/C40H72O6/c1-4-6-8-10-12-14-16-18-20-22-24-26-28-30-32-45-38(41)35-37(34-36(3)39(42)43)40(44)46-33-31-29-27-25-23-21-19-17-15-13-11-9-7-5-2/h34-35H,4-33H2,1-3H3,(H,42,43). The van der Waals surface area contributed by atoms with Crippen LogP contribution in [0.5, 0.6) is 0 Å². The summed E-state index contributed by atoms with van der Waals surface area (Å²) in [4.78, 5) is 36.3. The summed E-state index contributed by atoms with van der Waals surface area (Å²) in [5, 5.41) is 9.25. The molecule has 268 valence electrons. The van der Waals surface area contributed by atoms with Crippen LogP contribution < -0.4 is 0 Å². The zero-order valence-electron chi connectivity index (χ0n) is 30.4. The average molecular weight is 649 g/mol. The van der Waals surface area contributed by atoms with E-state index in [-0.39, 0.29) is 24.4 Å². The molecule has 0 bridgehead atoms. The summed E-state index contributed by atoms with van der Waals surface area (Å²) in [6.07, 6.45) is 37.2. The highest BCUT2D eigenvalue weighted by molar-refractivity contribution is 6.00. The Bertz CT molecular complexity index is 800. The maximum Gasteiger partial charge on any atom is 0.338 e. The van der Waals surface area contributed by atoms with E-state index in [1.54, 1.807) is 0 Å². The zero-order chi connectivity index (χ0) is 33.9. The van der Waals surface area contributed by atoms with Crippen molar-refractivity contribution in [2.24, 2.45) is 0 Å². The summed E-state index contributed by atoms with van der Waals surface area (Å²) in [5.41, 5.74) is -0.129. The first-order valence-corrected chi connectivity index (χ1v) is 19.4. The van der Waals surface area contributed by atoms with E-state index in [1.807, 2.05) is 0 Å². The van der Waals surface area contributed by atoms with Gasteiger partial charge in [-0.25, -0.2) is 14.4 Å². The van der Waals surface area contributed by atoms with Crippen molar-refractivity contribution < 1.29 is 29.0 Å². The zero-order valence-corrected chi connectivity index (χ0v) is 30.4. The molecular formula is C40H72O6. The van der Waals surface area contributed by atoms with Crippen molar-refractivity contribution in [2.75, 3.05) is 13.2 Å². The Morgan fingerprint density at radius 3 is 1.09 bits per heavy atom. The highest BCUT2D eigenvalue weighted by Crippen LogP contribution is 2.15. The van der Waals surface area contributed by atoms with Gasteiger partial charge >= 0.3 is 17.9 Å². The second-order valence-corrected chi connectivity index (χ2v) is 13.2. The summed E-state index contributed by atoms with van der Waals surface area (Å²) in [6.45, 7) is 6.44. The van der Waals surface area contributed by atoms with Gasteiger partial charge in [0, 0.05) is 11.6 Å². The third-order valence-electron chi connectivity index (χ3n) is 8.69. The van der Waals surface area contributed by atoms with Crippen molar-refractivity contribution in [3.8, 4) is 0 Å². The minimum atomic E-state index is -1.15. The van der Waals surface area contributed by atoms with E-state index in [4.69, 9.17) is 9.47 Å². The average Bonchev–Trinajstić information content (AvgIpc) is 3.04. The minimum Gasteiger partial charge on any atom is -0.478 e. The Balaban J connectivity index is 4.06. The highest BCUT2D eigenvalue weighted by atomic mass is 16.5. The van der Waals surface area contributed by atoms with Crippen LogP contribution in [0.4, 0.5) is 0 Å². The number of hydrogen-bond donors (Lipinski definition) is 1. The number of carboxylic acid groups (broad SMARTS) is 1. The number of rotatable bonds is 34. The van der Waals surface area contributed by atoms with Crippen molar-refractivity contribution >= 4 is 17.9 Å². The first-order chi connectivity index (χ1) is 22.4. The van der Waals surface area contributed by atoms with Gasteiger partial charge in [0.15, 0.2) is 0 Å². The monoisotopic (exact) mass is 649 g/mol. The van der Waals surface area contributed by atoms with E-state index in [2.05, 4.69) is 13.8 Å². The van der Waals surface area contributed by atoms with E-state index in [0.29, 0.717) is 0 Å². The van der Waals surface area contributed by atoms with Crippen molar-refractivity contribution in [3.05, 3.63) is 23.3 Å². The molecule has 0 heterocycles. The SMILES string of the molecule is CCCCCCCCCCCCCCCCOC(=O)C=C(C=C(C)C(=O)O)C(=O)OCCCCCCCCCCCCCCCC. The maximum atomic E-state index is 12.6. The molecule has 6 nitrogen and oxygen atoms in total. The fourth-order valence-corrected chi connectivity index (χ4v) is 5.64. The number of carboxylic acids is 1. The third-order valence-corrected chi connectivity index (χ3v) is 8.69. The molecular weight excluding hydrogens is 576 g/mol. The minimum absolute atomic E-state index is 0.0422. The molecule has 0 aromatic heterocycles. The molecule has 46 heavy (non-hydrogen) atoms. The number of hydrogen-bond acceptors (Lipinski definition) is 5. The van der Waals surface area contributed by atoms with Crippen molar-refractivity contribution in [1.82, 2.24) is 0 Å². The predicted molar refractivity (Wildman–Crippen MR) is 192 cm³/mol. The Morgan fingerprint density at radius 2 is 0.761 bits per heavy atom. The van der Waals surface area contributed by atoms with Crippen LogP contribution in [0.2, 0.25) is 0 Å². The lowest BCUT2D eigenvalue weighted by Crippen LogP contribution is -2.12. The maximum absolute atomic E-state index is 12.6. The van der Waals surface area contributed by atoms with Gasteiger partial charge in [0.25, 0.3) is 0 Å². The van der Waals surface area contributed by atoms with Crippen LogP contribution in [0, 0.1) is 0 Å². The predicted octanol–water partition coefficient (Wildman–Crippen LogP) is 12.0. The fourth-order valence-electron chi connectivity index (χ4n) is 5.64. The van der Waals surface area contributed by atoms with Gasteiger partial charge in [-0.15, -0.1) is 0 Å². The molecule has 0 fully saturated rings. The number of carbonyl (C=O) groups is 3. The summed E-state index contributed by atoms with van der Waals surface area (Å²) < 4.78 is 10.7. The molecule has 0 spiro atoms. The van der Waals surface area contributed by atoms with Crippen LogP contribution in [-0.2, 0) is 23.9 Å². The Kier molecular flexibility index (Phi) is 32.7. The van der Waals surface area contributed by atoms with Crippen LogP contribution in [0.1, 0.15) is 201 Å². The largest absolute Gasteiger partial charge is 0.478 e. The lowest BCUT2D eigenvalue weighted by atomic mass is 10.0. The van der Waals surface area contributed by atoms with Gasteiger partial charge in [-0.1, -0.05) is 181 Å². The molecule has 0 radical (unpaired) electrons. The first-order valence-electron chi connectivity index (χ1n) is 19.4. The Hall–Kier alpha value is -2.11. The highest BCUT2D eigenvalue weighted by Gasteiger charge is 2.14. The molecule has 0 aliphatic heterocycles. The van der Waals surface area contributed by atoms with Gasteiger partial charge in [-0.2, -0.15) is 0 Å². The van der Waals surface area contributed by atoms with Crippen LogP contribution in [0.25, 0.3) is 0 Å². The van der Waals surface area contributed by atoms with Crippen LogP contribution in [0.3, 0.4) is 0 Å². The molecule has 0 aliphatic rings. The fraction of sp³-hybridized carbons (Fsp3) is 0.825. The van der Waals surface area contributed by atoms with Crippen LogP contribution in [0.15, 0.2) is 23.3 Å². The number of aliphatic carboxylic acids is 1. The molecule has 0 amide bonds. The van der Waals surface area contributed by atoms with Gasteiger partial charge in [0.1, 0.15) is 0 Å². The van der Waals surface area contributed by atoms with Crippen molar-refractivity contribution in [2.45, 2.75) is 201 Å². The Morgan fingerprint density at radius 1 is 0.457 bits per heavy atom. The number of carbonyl (C=O) groups excluding carboxylic acids is 2. The molecule has 0 unspecified atom stereocenters. The van der Waals surface area contributed by atoms with Gasteiger partial charge < -0.3 is 14.6 Å². The number of ether oxygens (including phenoxy) is 2. The quantitative estimate of drug-likeness (QED) is 0.0323. The molecule has 0 aliphatic carbocycles. The molecule has 0 atom stereocenters. The molecule has 6 heteroatoms. The van der Waals surface area contributed by atoms with Gasteiger partial charge in [0.2, 0.25) is 0 Å². The smallest absolute Gasteiger partial charge is 0.338 e. The summed E-state index contributed by atoms with van der Waals surface area (Å²) >= 11 is 0. The summed E-state index contributed by atoms with van der Waals surface area (Å²) in [6, 6.07) is 0. The molecule has 0 rings (SSSR count). The topological polar surface area (TPSA) is 89.9 Å². The summed E-state index contributed by atoms with van der Waals surface area (Å²) in [7, 11) is 0. The van der Waals surface area contributed by atoms with E-state index in [9.17, 15) is 19.5 Å². The Labute approximate surface area is 283 Å². The molecule has 0 saturated carbocycles. The third kappa shape index (κ3) is 30.5. The van der Waals surface area contributed by atoms with Gasteiger partial charge in [-0.3, -0.25) is 0 Å². The lowest BCUT2D eigenvalue weighted by Gasteiger charge is -2.07. The molecule has 1 N–H and O–H groups in total. The second-order valence-electron chi connectivity index (χ2n) is 13.2. The van der Waals surface area contributed by atoms with E-state index < -0.39 is 17.9 Å². The number of unbranched alkanes of at least 4 members (excludes halogenated alkanes) is 26. The van der Waals surface area contributed by atoms with Crippen LogP contribution in [-0.4, -0.2) is 36.2 Å². The molecule has 0 aromatic carbocycles.